The lowest BCUT2D eigenvalue weighted by Gasteiger charge is -2.35. The van der Waals surface area contributed by atoms with Gasteiger partial charge in [0.25, 0.3) is 0 Å². The molecule has 2 rings (SSSR count). The average Bonchev–Trinajstić information content (AvgIpc) is 2.54. The summed E-state index contributed by atoms with van der Waals surface area (Å²) in [5.41, 5.74) is 6.44. The maximum atomic E-state index is 12.7. The molecule has 0 aromatic heterocycles. The largest absolute Gasteiger partial charge is 0.326 e. The van der Waals surface area contributed by atoms with Crippen molar-refractivity contribution in [3.8, 4) is 0 Å². The molecule has 0 spiro atoms. The van der Waals surface area contributed by atoms with Crippen LogP contribution in [0.2, 0.25) is 0 Å². The Balaban J connectivity index is 2.15. The van der Waals surface area contributed by atoms with Crippen molar-refractivity contribution in [1.82, 2.24) is 9.21 Å². The normalized spacial score (nSPS) is 18.3. The SMILES string of the molecule is CCN1CCC(N(C)S(=O)(=O)c2cccc(CN)c2)CC1. The van der Waals surface area contributed by atoms with Crippen LogP contribution >= 0.6 is 0 Å². The zero-order valence-electron chi connectivity index (χ0n) is 12.8. The van der Waals surface area contributed by atoms with Crippen molar-refractivity contribution in [2.24, 2.45) is 5.73 Å². The highest BCUT2D eigenvalue weighted by molar-refractivity contribution is 7.89. The van der Waals surface area contributed by atoms with Gasteiger partial charge in [-0.1, -0.05) is 19.1 Å². The van der Waals surface area contributed by atoms with Gasteiger partial charge in [-0.3, -0.25) is 0 Å². The van der Waals surface area contributed by atoms with Crippen LogP contribution in [0.25, 0.3) is 0 Å². The molecule has 0 bridgehead atoms. The first-order valence-electron chi connectivity index (χ1n) is 7.48. The minimum absolute atomic E-state index is 0.0827. The van der Waals surface area contributed by atoms with Crippen molar-refractivity contribution in [2.75, 3.05) is 26.7 Å². The van der Waals surface area contributed by atoms with Crippen LogP contribution in [0, 0.1) is 0 Å². The zero-order chi connectivity index (χ0) is 15.5. The number of hydrogen-bond acceptors (Lipinski definition) is 4. The molecule has 1 fully saturated rings. The zero-order valence-corrected chi connectivity index (χ0v) is 13.6. The molecule has 0 unspecified atom stereocenters. The highest BCUT2D eigenvalue weighted by Crippen LogP contribution is 2.23. The molecule has 0 amide bonds. The number of rotatable bonds is 5. The number of hydrogen-bond donors (Lipinski definition) is 1. The summed E-state index contributed by atoms with van der Waals surface area (Å²) >= 11 is 0. The smallest absolute Gasteiger partial charge is 0.243 e. The molecule has 0 radical (unpaired) electrons. The highest BCUT2D eigenvalue weighted by atomic mass is 32.2. The second-order valence-electron chi connectivity index (χ2n) is 5.54. The molecule has 0 aliphatic carbocycles. The minimum Gasteiger partial charge on any atom is -0.326 e. The summed E-state index contributed by atoms with van der Waals surface area (Å²) in [5, 5.41) is 0. The lowest BCUT2D eigenvalue weighted by molar-refractivity contribution is 0.176. The Morgan fingerprint density at radius 1 is 1.33 bits per heavy atom. The van der Waals surface area contributed by atoms with E-state index < -0.39 is 10.0 Å². The molecule has 6 heteroatoms. The Kier molecular flexibility index (Phi) is 5.37. The van der Waals surface area contributed by atoms with Gasteiger partial charge < -0.3 is 10.6 Å². The predicted octanol–water partition coefficient (Wildman–Crippen LogP) is 1.25. The van der Waals surface area contributed by atoms with Crippen LogP contribution in [-0.2, 0) is 16.6 Å². The maximum Gasteiger partial charge on any atom is 0.243 e. The summed E-state index contributed by atoms with van der Waals surface area (Å²) in [7, 11) is -1.74. The molecule has 1 saturated heterocycles. The van der Waals surface area contributed by atoms with Crippen molar-refractivity contribution in [3.63, 3.8) is 0 Å². The van der Waals surface area contributed by atoms with Crippen LogP contribution in [0.1, 0.15) is 25.3 Å². The molecular weight excluding hydrogens is 286 g/mol. The fourth-order valence-electron chi connectivity index (χ4n) is 2.79. The molecule has 0 saturated carbocycles. The van der Waals surface area contributed by atoms with Crippen LogP contribution in [-0.4, -0.2) is 50.3 Å². The van der Waals surface area contributed by atoms with E-state index in [4.69, 9.17) is 5.73 Å². The Morgan fingerprint density at radius 3 is 2.57 bits per heavy atom. The molecule has 1 aliphatic rings. The van der Waals surface area contributed by atoms with Gasteiger partial charge in [0.15, 0.2) is 0 Å². The van der Waals surface area contributed by atoms with Crippen molar-refractivity contribution in [1.29, 1.82) is 0 Å². The predicted molar refractivity (Wildman–Crippen MR) is 84.4 cm³/mol. The summed E-state index contributed by atoms with van der Waals surface area (Å²) in [4.78, 5) is 2.69. The maximum absolute atomic E-state index is 12.7. The van der Waals surface area contributed by atoms with Gasteiger partial charge >= 0.3 is 0 Å². The molecule has 21 heavy (non-hydrogen) atoms. The Hall–Kier alpha value is -0.950. The van der Waals surface area contributed by atoms with Gasteiger partial charge in [0.1, 0.15) is 0 Å². The van der Waals surface area contributed by atoms with Crippen molar-refractivity contribution < 1.29 is 8.42 Å². The molecule has 118 valence electrons. The van der Waals surface area contributed by atoms with E-state index in [-0.39, 0.29) is 6.04 Å². The molecule has 5 nitrogen and oxygen atoms in total. The molecule has 1 aliphatic heterocycles. The summed E-state index contributed by atoms with van der Waals surface area (Å²) in [6.07, 6.45) is 1.78. The first-order valence-corrected chi connectivity index (χ1v) is 8.92. The van der Waals surface area contributed by atoms with Crippen LogP contribution in [0.15, 0.2) is 29.2 Å². The van der Waals surface area contributed by atoms with E-state index in [0.29, 0.717) is 11.4 Å². The van der Waals surface area contributed by atoms with E-state index in [2.05, 4.69) is 11.8 Å². The van der Waals surface area contributed by atoms with Crippen LogP contribution in [0.5, 0.6) is 0 Å². The molecule has 0 atom stereocenters. The van der Waals surface area contributed by atoms with Gasteiger partial charge in [0, 0.05) is 19.6 Å². The molecule has 1 aromatic carbocycles. The minimum atomic E-state index is -3.44. The first kappa shape index (κ1) is 16.4. The van der Waals surface area contributed by atoms with Gasteiger partial charge in [0.05, 0.1) is 4.90 Å². The Morgan fingerprint density at radius 2 is 2.00 bits per heavy atom. The number of benzene rings is 1. The highest BCUT2D eigenvalue weighted by Gasteiger charge is 2.30. The van der Waals surface area contributed by atoms with E-state index in [0.717, 1.165) is 38.0 Å². The van der Waals surface area contributed by atoms with Crippen LogP contribution in [0.4, 0.5) is 0 Å². The third kappa shape index (κ3) is 3.63. The number of sulfonamides is 1. The fourth-order valence-corrected chi connectivity index (χ4v) is 4.28. The van der Waals surface area contributed by atoms with E-state index in [1.54, 1.807) is 25.2 Å². The quantitative estimate of drug-likeness (QED) is 0.889. The monoisotopic (exact) mass is 311 g/mol. The van der Waals surface area contributed by atoms with Crippen LogP contribution < -0.4 is 5.73 Å². The fraction of sp³-hybridized carbons (Fsp3) is 0.600. The Bertz CT molecular complexity index is 566. The van der Waals surface area contributed by atoms with Gasteiger partial charge in [-0.15, -0.1) is 0 Å². The van der Waals surface area contributed by atoms with E-state index in [9.17, 15) is 8.42 Å². The second kappa shape index (κ2) is 6.87. The lowest BCUT2D eigenvalue weighted by Crippen LogP contribution is -2.45. The summed E-state index contributed by atoms with van der Waals surface area (Å²) in [6.45, 7) is 5.44. The van der Waals surface area contributed by atoms with E-state index in [1.807, 2.05) is 6.07 Å². The van der Waals surface area contributed by atoms with Gasteiger partial charge in [0.2, 0.25) is 10.0 Å². The summed E-state index contributed by atoms with van der Waals surface area (Å²) in [6, 6.07) is 7.00. The Labute approximate surface area is 127 Å². The third-order valence-electron chi connectivity index (χ3n) is 4.33. The van der Waals surface area contributed by atoms with Gasteiger partial charge in [-0.25, -0.2) is 8.42 Å². The number of piperidine rings is 1. The number of likely N-dealkylation sites (tertiary alicyclic amines) is 1. The standard InChI is InChI=1S/C15H25N3O2S/c1-3-18-9-7-14(8-10-18)17(2)21(19,20)15-6-4-5-13(11-15)12-16/h4-6,11,14H,3,7-10,12,16H2,1-2H3. The average molecular weight is 311 g/mol. The topological polar surface area (TPSA) is 66.6 Å². The molecular formula is C15H25N3O2S. The number of nitrogens with two attached hydrogens (primary N) is 1. The van der Waals surface area contributed by atoms with Crippen molar-refractivity contribution in [3.05, 3.63) is 29.8 Å². The van der Waals surface area contributed by atoms with Crippen molar-refractivity contribution in [2.45, 2.75) is 37.2 Å². The van der Waals surface area contributed by atoms with E-state index in [1.165, 1.54) is 4.31 Å². The first-order chi connectivity index (χ1) is 9.98. The molecule has 2 N–H and O–H groups in total. The van der Waals surface area contributed by atoms with Crippen molar-refractivity contribution >= 4 is 10.0 Å². The van der Waals surface area contributed by atoms with Gasteiger partial charge in [-0.2, -0.15) is 4.31 Å². The van der Waals surface area contributed by atoms with E-state index >= 15 is 0 Å². The molecule has 1 aromatic rings. The van der Waals surface area contributed by atoms with Gasteiger partial charge in [-0.05, 0) is 50.2 Å². The third-order valence-corrected chi connectivity index (χ3v) is 6.24. The summed E-state index contributed by atoms with van der Waals surface area (Å²) in [5.74, 6) is 0. The lowest BCUT2D eigenvalue weighted by atomic mass is 10.1. The number of nitrogens with zero attached hydrogens (tertiary/aromatic N) is 2. The van der Waals surface area contributed by atoms with Crippen LogP contribution in [0.3, 0.4) is 0 Å². The second-order valence-corrected chi connectivity index (χ2v) is 7.54. The molecule has 1 heterocycles. The summed E-state index contributed by atoms with van der Waals surface area (Å²) < 4.78 is 27.0.